The number of rotatable bonds is 6. The summed E-state index contributed by atoms with van der Waals surface area (Å²) in [6, 6.07) is 3.96. The lowest BCUT2D eigenvalue weighted by Gasteiger charge is -2.21. The van der Waals surface area contributed by atoms with Gasteiger partial charge in [0.15, 0.2) is 11.5 Å². The number of hydrogen-bond donors (Lipinski definition) is 1. The van der Waals surface area contributed by atoms with Crippen molar-refractivity contribution < 1.29 is 14.2 Å². The highest BCUT2D eigenvalue weighted by molar-refractivity contribution is 9.10. The third-order valence-electron chi connectivity index (χ3n) is 3.68. The second-order valence-electron chi connectivity index (χ2n) is 4.88. The van der Waals surface area contributed by atoms with Gasteiger partial charge in [0.1, 0.15) is 0 Å². The quantitative estimate of drug-likeness (QED) is 0.861. The minimum absolute atomic E-state index is 0.100. The van der Waals surface area contributed by atoms with Gasteiger partial charge in [-0.3, -0.25) is 0 Å². The standard InChI is InChI=1S/C15H22BrNO3/c1-4-17-9-10-5-6-20-15(10)11-7-13(18-2)14(19-3)8-12(11)16/h7-8,10,15,17H,4-6,9H2,1-3H3. The second-order valence-corrected chi connectivity index (χ2v) is 5.73. The van der Waals surface area contributed by atoms with Crippen LogP contribution in [0, 0.1) is 5.92 Å². The molecule has 1 heterocycles. The van der Waals surface area contributed by atoms with E-state index in [1.54, 1.807) is 14.2 Å². The molecule has 0 aliphatic carbocycles. The maximum Gasteiger partial charge on any atom is 0.161 e. The topological polar surface area (TPSA) is 39.7 Å². The average Bonchev–Trinajstić information content (AvgIpc) is 2.92. The van der Waals surface area contributed by atoms with Crippen molar-refractivity contribution in [2.75, 3.05) is 33.9 Å². The van der Waals surface area contributed by atoms with E-state index in [2.05, 4.69) is 28.2 Å². The summed E-state index contributed by atoms with van der Waals surface area (Å²) in [4.78, 5) is 0. The van der Waals surface area contributed by atoms with Crippen LogP contribution in [0.3, 0.4) is 0 Å². The van der Waals surface area contributed by atoms with Gasteiger partial charge in [-0.25, -0.2) is 0 Å². The molecule has 0 saturated carbocycles. The fraction of sp³-hybridized carbons (Fsp3) is 0.600. The highest BCUT2D eigenvalue weighted by Crippen LogP contribution is 2.42. The van der Waals surface area contributed by atoms with Gasteiger partial charge in [-0.2, -0.15) is 0 Å². The van der Waals surface area contributed by atoms with E-state index in [0.717, 1.165) is 47.7 Å². The number of nitrogens with one attached hydrogen (secondary N) is 1. The van der Waals surface area contributed by atoms with Crippen molar-refractivity contribution in [3.63, 3.8) is 0 Å². The van der Waals surface area contributed by atoms with Gasteiger partial charge in [0.2, 0.25) is 0 Å². The summed E-state index contributed by atoms with van der Waals surface area (Å²) in [6.45, 7) is 4.89. The molecular formula is C15H22BrNO3. The molecule has 0 amide bonds. The number of methoxy groups -OCH3 is 2. The van der Waals surface area contributed by atoms with E-state index in [1.165, 1.54) is 0 Å². The zero-order valence-electron chi connectivity index (χ0n) is 12.2. The summed E-state index contributed by atoms with van der Waals surface area (Å²) >= 11 is 3.62. The molecule has 0 radical (unpaired) electrons. The second kappa shape index (κ2) is 7.29. The highest BCUT2D eigenvalue weighted by Gasteiger charge is 2.31. The molecule has 2 atom stereocenters. The molecule has 20 heavy (non-hydrogen) atoms. The van der Waals surface area contributed by atoms with Crippen LogP contribution < -0.4 is 14.8 Å². The summed E-state index contributed by atoms with van der Waals surface area (Å²) in [6.07, 6.45) is 1.18. The summed E-state index contributed by atoms with van der Waals surface area (Å²) in [5, 5.41) is 3.41. The van der Waals surface area contributed by atoms with Gasteiger partial charge in [0.25, 0.3) is 0 Å². The molecule has 112 valence electrons. The van der Waals surface area contributed by atoms with Gasteiger partial charge in [0.05, 0.1) is 20.3 Å². The molecule has 0 bridgehead atoms. The van der Waals surface area contributed by atoms with E-state index in [9.17, 15) is 0 Å². The molecule has 2 rings (SSSR count). The molecule has 1 fully saturated rings. The lowest BCUT2D eigenvalue weighted by molar-refractivity contribution is 0.0898. The number of hydrogen-bond acceptors (Lipinski definition) is 4. The molecule has 1 aromatic rings. The van der Waals surface area contributed by atoms with Crippen LogP contribution >= 0.6 is 15.9 Å². The van der Waals surface area contributed by atoms with E-state index in [1.807, 2.05) is 12.1 Å². The van der Waals surface area contributed by atoms with Crippen LogP contribution in [0.2, 0.25) is 0 Å². The predicted molar refractivity (Wildman–Crippen MR) is 82.6 cm³/mol. The fourth-order valence-corrected chi connectivity index (χ4v) is 3.15. The summed E-state index contributed by atoms with van der Waals surface area (Å²) < 4.78 is 17.6. The summed E-state index contributed by atoms with van der Waals surface area (Å²) in [5.74, 6) is 1.96. The first kappa shape index (κ1) is 15.6. The number of benzene rings is 1. The zero-order valence-corrected chi connectivity index (χ0v) is 13.8. The predicted octanol–water partition coefficient (Wildman–Crippen LogP) is 3.15. The Bertz CT molecular complexity index is 453. The Morgan fingerprint density at radius 3 is 2.65 bits per heavy atom. The van der Waals surface area contributed by atoms with E-state index >= 15 is 0 Å². The zero-order chi connectivity index (χ0) is 14.5. The Morgan fingerprint density at radius 1 is 1.30 bits per heavy atom. The van der Waals surface area contributed by atoms with Crippen molar-refractivity contribution in [1.29, 1.82) is 0 Å². The first-order valence-corrected chi connectivity index (χ1v) is 7.74. The van der Waals surface area contributed by atoms with E-state index in [4.69, 9.17) is 14.2 Å². The van der Waals surface area contributed by atoms with Crippen LogP contribution in [0.25, 0.3) is 0 Å². The van der Waals surface area contributed by atoms with Crippen molar-refractivity contribution in [1.82, 2.24) is 5.32 Å². The van der Waals surface area contributed by atoms with Gasteiger partial charge < -0.3 is 19.5 Å². The van der Waals surface area contributed by atoms with Crippen LogP contribution in [0.1, 0.15) is 25.0 Å². The van der Waals surface area contributed by atoms with Crippen LogP contribution in [0.15, 0.2) is 16.6 Å². The maximum atomic E-state index is 5.94. The van der Waals surface area contributed by atoms with Gasteiger partial charge in [-0.05, 0) is 30.7 Å². The number of ether oxygens (including phenoxy) is 3. The first-order chi connectivity index (χ1) is 9.71. The van der Waals surface area contributed by atoms with E-state index in [0.29, 0.717) is 5.92 Å². The molecule has 1 saturated heterocycles. The molecular weight excluding hydrogens is 322 g/mol. The monoisotopic (exact) mass is 343 g/mol. The molecule has 4 nitrogen and oxygen atoms in total. The minimum Gasteiger partial charge on any atom is -0.493 e. The maximum absolute atomic E-state index is 5.94. The van der Waals surface area contributed by atoms with Crippen molar-refractivity contribution in [2.24, 2.45) is 5.92 Å². The Hall–Kier alpha value is -0.780. The van der Waals surface area contributed by atoms with Gasteiger partial charge in [-0.1, -0.05) is 22.9 Å². The lowest BCUT2D eigenvalue weighted by atomic mass is 9.95. The average molecular weight is 344 g/mol. The van der Waals surface area contributed by atoms with Crippen LogP contribution in [-0.2, 0) is 4.74 Å². The molecule has 1 aromatic carbocycles. The third kappa shape index (κ3) is 3.27. The Labute approximate surface area is 128 Å². The largest absolute Gasteiger partial charge is 0.493 e. The third-order valence-corrected chi connectivity index (χ3v) is 4.37. The van der Waals surface area contributed by atoms with Crippen LogP contribution in [0.5, 0.6) is 11.5 Å². The first-order valence-electron chi connectivity index (χ1n) is 6.95. The number of halogens is 1. The van der Waals surface area contributed by atoms with Crippen molar-refractivity contribution in [2.45, 2.75) is 19.4 Å². The fourth-order valence-electron chi connectivity index (χ4n) is 2.60. The molecule has 5 heteroatoms. The van der Waals surface area contributed by atoms with Crippen molar-refractivity contribution in [3.8, 4) is 11.5 Å². The van der Waals surface area contributed by atoms with Crippen LogP contribution in [-0.4, -0.2) is 33.9 Å². The molecule has 0 spiro atoms. The van der Waals surface area contributed by atoms with Gasteiger partial charge in [0, 0.05) is 23.5 Å². The minimum atomic E-state index is 0.100. The highest BCUT2D eigenvalue weighted by atomic mass is 79.9. The molecule has 1 N–H and O–H groups in total. The molecule has 1 aliphatic heterocycles. The Balaban J connectivity index is 2.26. The van der Waals surface area contributed by atoms with Crippen LogP contribution in [0.4, 0.5) is 0 Å². The Morgan fingerprint density at radius 2 is 2.00 bits per heavy atom. The molecule has 2 unspecified atom stereocenters. The lowest BCUT2D eigenvalue weighted by Crippen LogP contribution is -2.24. The normalized spacial score (nSPS) is 22.0. The summed E-state index contributed by atoms with van der Waals surface area (Å²) in [7, 11) is 3.30. The smallest absolute Gasteiger partial charge is 0.161 e. The summed E-state index contributed by atoms with van der Waals surface area (Å²) in [5.41, 5.74) is 1.13. The van der Waals surface area contributed by atoms with Gasteiger partial charge >= 0.3 is 0 Å². The Kier molecular flexibility index (Phi) is 5.69. The van der Waals surface area contributed by atoms with Crippen molar-refractivity contribution >= 4 is 15.9 Å². The van der Waals surface area contributed by atoms with Crippen molar-refractivity contribution in [3.05, 3.63) is 22.2 Å². The molecule has 0 aromatic heterocycles. The molecule has 1 aliphatic rings. The SMILES string of the molecule is CCNCC1CCOC1c1cc(OC)c(OC)cc1Br. The van der Waals surface area contributed by atoms with E-state index in [-0.39, 0.29) is 6.10 Å². The van der Waals surface area contributed by atoms with E-state index < -0.39 is 0 Å². The van der Waals surface area contributed by atoms with Gasteiger partial charge in [-0.15, -0.1) is 0 Å².